The van der Waals surface area contributed by atoms with Gasteiger partial charge >= 0.3 is 11.9 Å². The van der Waals surface area contributed by atoms with E-state index in [2.05, 4.69) is 4.98 Å². The number of carbonyl (C=O) groups is 3. The second-order valence-electron chi connectivity index (χ2n) is 7.57. The quantitative estimate of drug-likeness (QED) is 0.594. The lowest BCUT2D eigenvalue weighted by Gasteiger charge is -2.20. The summed E-state index contributed by atoms with van der Waals surface area (Å²) in [4.78, 5) is 39.9. The van der Waals surface area contributed by atoms with Crippen LogP contribution in [-0.4, -0.2) is 35.9 Å². The highest BCUT2D eigenvalue weighted by atomic mass is 16.5. The first-order chi connectivity index (χ1) is 12.4. The number of ether oxygens (including phenoxy) is 2. The normalized spacial score (nSPS) is 23.9. The number of H-pyrrole nitrogens is 1. The van der Waals surface area contributed by atoms with Crippen LogP contribution in [0.5, 0.6) is 0 Å². The number of fused-ring (bicyclic) bond motifs is 2. The van der Waals surface area contributed by atoms with Gasteiger partial charge in [-0.3, -0.25) is 9.59 Å². The molecule has 1 heterocycles. The number of aromatic nitrogens is 1. The number of hydrogen-bond acceptors (Lipinski definition) is 5. The number of carbonyl (C=O) groups excluding carboxylic acids is 3. The molecule has 142 valence electrons. The minimum atomic E-state index is -0.536. The van der Waals surface area contributed by atoms with Crippen molar-refractivity contribution in [2.24, 2.45) is 17.8 Å². The van der Waals surface area contributed by atoms with E-state index < -0.39 is 5.97 Å². The van der Waals surface area contributed by atoms with Gasteiger partial charge in [0.05, 0.1) is 17.7 Å². The lowest BCUT2D eigenvalue weighted by molar-refractivity contribution is -0.144. The molecule has 2 bridgehead atoms. The predicted octanol–water partition coefficient (Wildman–Crippen LogP) is 3.36. The summed E-state index contributed by atoms with van der Waals surface area (Å²) < 4.78 is 10.3. The molecule has 0 spiro atoms. The summed E-state index contributed by atoms with van der Waals surface area (Å²) in [5.41, 5.74) is 1.66. The number of Topliss-reactive ketones (excluding diaryl/α,β-unsaturated/α-hetero) is 1. The van der Waals surface area contributed by atoms with Crippen LogP contribution in [0.4, 0.5) is 0 Å². The maximum absolute atomic E-state index is 12.6. The van der Waals surface area contributed by atoms with Gasteiger partial charge in [-0.2, -0.15) is 0 Å². The molecule has 0 saturated heterocycles. The maximum atomic E-state index is 12.6. The molecule has 6 heteroatoms. The zero-order valence-corrected chi connectivity index (χ0v) is 15.7. The zero-order chi connectivity index (χ0) is 18.8. The molecule has 0 unspecified atom stereocenters. The molecule has 1 N–H and O–H groups in total. The third-order valence-corrected chi connectivity index (χ3v) is 5.81. The van der Waals surface area contributed by atoms with Crippen LogP contribution in [0.15, 0.2) is 0 Å². The third-order valence-electron chi connectivity index (χ3n) is 5.81. The van der Waals surface area contributed by atoms with Crippen LogP contribution in [0.3, 0.4) is 0 Å². The zero-order valence-electron chi connectivity index (χ0n) is 15.7. The Labute approximate surface area is 153 Å². The number of esters is 2. The molecule has 1 aromatic heterocycles. The van der Waals surface area contributed by atoms with Gasteiger partial charge in [-0.05, 0) is 57.8 Å². The molecule has 2 aliphatic rings. The summed E-state index contributed by atoms with van der Waals surface area (Å²) in [5, 5.41) is 0. The highest BCUT2D eigenvalue weighted by molar-refractivity contribution is 6.09. The minimum absolute atomic E-state index is 0.231. The van der Waals surface area contributed by atoms with Crippen molar-refractivity contribution >= 4 is 17.7 Å². The Balaban J connectivity index is 1.59. The van der Waals surface area contributed by atoms with Crippen LogP contribution in [0, 0.1) is 31.6 Å². The number of hydrogen-bond donors (Lipinski definition) is 1. The molecule has 2 fully saturated rings. The second kappa shape index (κ2) is 7.64. The summed E-state index contributed by atoms with van der Waals surface area (Å²) >= 11 is 0. The average molecular weight is 361 g/mol. The van der Waals surface area contributed by atoms with Gasteiger partial charge < -0.3 is 14.5 Å². The first kappa shape index (κ1) is 18.7. The van der Waals surface area contributed by atoms with Crippen LogP contribution >= 0.6 is 0 Å². The number of aromatic amines is 1. The molecule has 0 aliphatic heterocycles. The van der Waals surface area contributed by atoms with Crippen molar-refractivity contribution in [2.45, 2.75) is 52.9 Å². The number of aryl methyl sites for hydroxylation is 2. The lowest BCUT2D eigenvalue weighted by atomic mass is 9.86. The Morgan fingerprint density at radius 1 is 1.04 bits per heavy atom. The van der Waals surface area contributed by atoms with Crippen LogP contribution < -0.4 is 0 Å². The Morgan fingerprint density at radius 2 is 1.77 bits per heavy atom. The van der Waals surface area contributed by atoms with E-state index in [1.807, 2.05) is 0 Å². The Bertz CT molecular complexity index is 720. The molecular formula is C20H27NO5. The van der Waals surface area contributed by atoms with Gasteiger partial charge in [-0.1, -0.05) is 6.42 Å². The highest BCUT2D eigenvalue weighted by Gasteiger charge is 2.40. The summed E-state index contributed by atoms with van der Waals surface area (Å²) in [6, 6.07) is 0. The summed E-state index contributed by atoms with van der Waals surface area (Å²) in [7, 11) is 0. The monoisotopic (exact) mass is 361 g/mol. The molecule has 0 amide bonds. The van der Waals surface area contributed by atoms with Gasteiger partial charge in [-0.25, -0.2) is 4.79 Å². The SMILES string of the molecule is CCOC(=O)c1c(C)[nH]c(C)c1C(=O)COC(=O)C[C@@H]1C[C@@H]2CC[C@@H]1C2. The maximum Gasteiger partial charge on any atom is 0.340 e. The molecular weight excluding hydrogens is 334 g/mol. The summed E-state index contributed by atoms with van der Waals surface area (Å²) in [6.45, 7) is 5.04. The Morgan fingerprint density at radius 3 is 2.38 bits per heavy atom. The summed E-state index contributed by atoms with van der Waals surface area (Å²) in [6.07, 6.45) is 5.24. The van der Waals surface area contributed by atoms with E-state index in [0.717, 1.165) is 12.3 Å². The molecule has 1 aromatic rings. The molecule has 2 saturated carbocycles. The molecule has 2 aliphatic carbocycles. The van der Waals surface area contributed by atoms with E-state index in [0.29, 0.717) is 29.6 Å². The number of rotatable bonds is 7. The molecule has 6 nitrogen and oxygen atoms in total. The second-order valence-corrected chi connectivity index (χ2v) is 7.57. The van der Waals surface area contributed by atoms with Crippen molar-refractivity contribution < 1.29 is 23.9 Å². The van der Waals surface area contributed by atoms with E-state index in [1.165, 1.54) is 19.3 Å². The van der Waals surface area contributed by atoms with E-state index in [9.17, 15) is 14.4 Å². The summed E-state index contributed by atoms with van der Waals surface area (Å²) in [5.74, 6) is 0.591. The van der Waals surface area contributed by atoms with Gasteiger partial charge in [0.15, 0.2) is 6.61 Å². The molecule has 0 aromatic carbocycles. The van der Waals surface area contributed by atoms with Crippen LogP contribution in [0.1, 0.15) is 71.1 Å². The fourth-order valence-electron chi connectivity index (χ4n) is 4.71. The Hall–Kier alpha value is -2.11. The number of ketones is 1. The first-order valence-electron chi connectivity index (χ1n) is 9.45. The van der Waals surface area contributed by atoms with Gasteiger partial charge in [0, 0.05) is 17.8 Å². The van der Waals surface area contributed by atoms with Gasteiger partial charge in [0.1, 0.15) is 0 Å². The van der Waals surface area contributed by atoms with Crippen LogP contribution in [0.2, 0.25) is 0 Å². The van der Waals surface area contributed by atoms with Crippen molar-refractivity contribution in [3.8, 4) is 0 Å². The fourth-order valence-corrected chi connectivity index (χ4v) is 4.71. The van der Waals surface area contributed by atoms with Gasteiger partial charge in [0.25, 0.3) is 0 Å². The standard InChI is InChI=1S/C20H27NO5/c1-4-25-20(24)19-12(3)21-11(2)18(19)16(22)10-26-17(23)9-15-8-13-5-6-14(15)7-13/h13-15,21H,4-10H2,1-3H3/t13-,14-,15+/m1/s1. The topological polar surface area (TPSA) is 85.5 Å². The van der Waals surface area contributed by atoms with Crippen molar-refractivity contribution in [2.75, 3.05) is 13.2 Å². The van der Waals surface area contributed by atoms with Crippen molar-refractivity contribution in [3.63, 3.8) is 0 Å². The molecule has 3 rings (SSSR count). The third kappa shape index (κ3) is 3.69. The largest absolute Gasteiger partial charge is 0.462 e. The number of nitrogens with one attached hydrogen (secondary N) is 1. The van der Waals surface area contributed by atoms with Crippen LogP contribution in [0.25, 0.3) is 0 Å². The van der Waals surface area contributed by atoms with Crippen LogP contribution in [-0.2, 0) is 14.3 Å². The average Bonchev–Trinajstić information content (AvgIpc) is 3.26. The molecule has 0 radical (unpaired) electrons. The van der Waals surface area contributed by atoms with Gasteiger partial charge in [0.2, 0.25) is 5.78 Å². The van der Waals surface area contributed by atoms with Gasteiger partial charge in [-0.15, -0.1) is 0 Å². The van der Waals surface area contributed by atoms with E-state index in [4.69, 9.17) is 9.47 Å². The molecule has 3 atom stereocenters. The minimum Gasteiger partial charge on any atom is -0.462 e. The van der Waals surface area contributed by atoms with Crippen molar-refractivity contribution in [1.29, 1.82) is 0 Å². The molecule has 26 heavy (non-hydrogen) atoms. The predicted molar refractivity (Wildman–Crippen MR) is 95.1 cm³/mol. The van der Waals surface area contributed by atoms with E-state index >= 15 is 0 Å². The fraction of sp³-hybridized carbons (Fsp3) is 0.650. The Kier molecular flexibility index (Phi) is 5.49. The van der Waals surface area contributed by atoms with E-state index in [-0.39, 0.29) is 36.1 Å². The first-order valence-corrected chi connectivity index (χ1v) is 9.45. The lowest BCUT2D eigenvalue weighted by Crippen LogP contribution is -2.21. The van der Waals surface area contributed by atoms with Crippen molar-refractivity contribution in [1.82, 2.24) is 4.98 Å². The van der Waals surface area contributed by atoms with E-state index in [1.54, 1.807) is 20.8 Å². The van der Waals surface area contributed by atoms with Crippen molar-refractivity contribution in [3.05, 3.63) is 22.5 Å². The smallest absolute Gasteiger partial charge is 0.340 e. The highest BCUT2D eigenvalue weighted by Crippen LogP contribution is 2.49.